The molecule has 0 aliphatic heterocycles. The molecule has 0 bridgehead atoms. The summed E-state index contributed by atoms with van der Waals surface area (Å²) in [6.07, 6.45) is 1.06. The SMILES string of the molecule is COC(=O)/C=C(/Nc1ccc2nc(SC(C)C)sc2c1)C(=O)OC. The standard InChI is InChI=1S/C16H18N2O4S2/c1-9(2)23-16-18-11-6-5-10(7-13(11)24-16)17-12(15(20)22-4)8-14(19)21-3/h5-9,17H,1-4H3/b12-8+. The van der Waals surface area contributed by atoms with Crippen LogP contribution in [0.5, 0.6) is 0 Å². The first-order chi connectivity index (χ1) is 11.4. The van der Waals surface area contributed by atoms with Gasteiger partial charge in [-0.15, -0.1) is 11.3 Å². The number of carbonyl (C=O) groups excluding carboxylic acids is 2. The highest BCUT2D eigenvalue weighted by Gasteiger charge is 2.14. The Kier molecular flexibility index (Phi) is 6.22. The molecule has 2 aromatic rings. The molecule has 0 spiro atoms. The molecule has 0 unspecified atom stereocenters. The van der Waals surface area contributed by atoms with Crippen molar-refractivity contribution in [2.75, 3.05) is 19.5 Å². The Morgan fingerprint density at radius 2 is 2.04 bits per heavy atom. The van der Waals surface area contributed by atoms with E-state index in [0.29, 0.717) is 10.9 Å². The number of hydrogen-bond donors (Lipinski definition) is 1. The highest BCUT2D eigenvalue weighted by molar-refractivity contribution is 8.01. The van der Waals surface area contributed by atoms with Gasteiger partial charge < -0.3 is 14.8 Å². The molecule has 1 heterocycles. The maximum atomic E-state index is 11.8. The second kappa shape index (κ2) is 8.16. The van der Waals surface area contributed by atoms with E-state index in [1.165, 1.54) is 14.2 Å². The zero-order valence-electron chi connectivity index (χ0n) is 13.8. The van der Waals surface area contributed by atoms with Crippen molar-refractivity contribution in [2.24, 2.45) is 0 Å². The number of ether oxygens (including phenoxy) is 2. The smallest absolute Gasteiger partial charge is 0.354 e. The van der Waals surface area contributed by atoms with E-state index in [1.54, 1.807) is 29.2 Å². The molecular weight excluding hydrogens is 348 g/mol. The van der Waals surface area contributed by atoms with Gasteiger partial charge in [-0.3, -0.25) is 0 Å². The van der Waals surface area contributed by atoms with Gasteiger partial charge in [-0.25, -0.2) is 14.6 Å². The largest absolute Gasteiger partial charge is 0.466 e. The number of benzene rings is 1. The van der Waals surface area contributed by atoms with Crippen LogP contribution in [-0.4, -0.2) is 36.4 Å². The number of hydrogen-bond acceptors (Lipinski definition) is 8. The van der Waals surface area contributed by atoms with Crippen LogP contribution in [0.4, 0.5) is 5.69 Å². The predicted octanol–water partition coefficient (Wildman–Crippen LogP) is 3.44. The summed E-state index contributed by atoms with van der Waals surface area (Å²) in [6.45, 7) is 4.23. The van der Waals surface area contributed by atoms with Crippen LogP contribution in [0, 0.1) is 0 Å². The lowest BCUT2D eigenvalue weighted by Gasteiger charge is -2.08. The number of rotatable bonds is 6. The number of thiazole rings is 1. The normalized spacial score (nSPS) is 11.6. The lowest BCUT2D eigenvalue weighted by atomic mass is 10.2. The Morgan fingerprint density at radius 1 is 1.29 bits per heavy atom. The highest BCUT2D eigenvalue weighted by Crippen LogP contribution is 2.33. The first-order valence-electron chi connectivity index (χ1n) is 7.15. The molecular formula is C16H18N2O4S2. The summed E-state index contributed by atoms with van der Waals surface area (Å²) in [5.41, 5.74) is 1.56. The molecule has 1 aromatic heterocycles. The van der Waals surface area contributed by atoms with Crippen LogP contribution in [0.15, 0.2) is 34.3 Å². The molecule has 0 fully saturated rings. The van der Waals surface area contributed by atoms with E-state index in [2.05, 4.69) is 33.6 Å². The van der Waals surface area contributed by atoms with E-state index in [9.17, 15) is 9.59 Å². The first-order valence-corrected chi connectivity index (χ1v) is 8.84. The molecule has 0 aliphatic rings. The minimum absolute atomic E-state index is 0.00462. The van der Waals surface area contributed by atoms with Crippen molar-refractivity contribution >= 4 is 50.9 Å². The van der Waals surface area contributed by atoms with Crippen molar-refractivity contribution in [1.82, 2.24) is 4.98 Å². The average Bonchev–Trinajstić information content (AvgIpc) is 2.93. The number of fused-ring (bicyclic) bond motifs is 1. The van der Waals surface area contributed by atoms with Crippen LogP contribution >= 0.6 is 23.1 Å². The summed E-state index contributed by atoms with van der Waals surface area (Å²) in [6, 6.07) is 5.54. The fourth-order valence-electron chi connectivity index (χ4n) is 1.82. The molecule has 0 aliphatic carbocycles. The third-order valence-electron chi connectivity index (χ3n) is 2.85. The van der Waals surface area contributed by atoms with Crippen molar-refractivity contribution in [3.63, 3.8) is 0 Å². The highest BCUT2D eigenvalue weighted by atomic mass is 32.2. The second-order valence-electron chi connectivity index (χ2n) is 5.03. The fourth-order valence-corrected chi connectivity index (χ4v) is 4.15. The first kappa shape index (κ1) is 18.3. The zero-order valence-corrected chi connectivity index (χ0v) is 15.4. The molecule has 0 atom stereocenters. The van der Waals surface area contributed by atoms with Gasteiger partial charge in [0.1, 0.15) is 5.70 Å². The van der Waals surface area contributed by atoms with Crippen LogP contribution in [0.1, 0.15) is 13.8 Å². The summed E-state index contributed by atoms with van der Waals surface area (Å²) in [7, 11) is 2.49. The lowest BCUT2D eigenvalue weighted by Crippen LogP contribution is -2.15. The maximum absolute atomic E-state index is 11.8. The quantitative estimate of drug-likeness (QED) is 0.477. The van der Waals surface area contributed by atoms with Gasteiger partial charge in [0.2, 0.25) is 0 Å². The Hall–Kier alpha value is -2.06. The Balaban J connectivity index is 2.28. The Morgan fingerprint density at radius 3 is 2.67 bits per heavy atom. The molecule has 128 valence electrons. The van der Waals surface area contributed by atoms with Crippen LogP contribution in [0.25, 0.3) is 10.2 Å². The van der Waals surface area contributed by atoms with E-state index in [1.807, 2.05) is 12.1 Å². The van der Waals surface area contributed by atoms with Gasteiger partial charge in [0.05, 0.1) is 30.5 Å². The van der Waals surface area contributed by atoms with Gasteiger partial charge in [-0.1, -0.05) is 25.6 Å². The van der Waals surface area contributed by atoms with E-state index >= 15 is 0 Å². The topological polar surface area (TPSA) is 77.5 Å². The molecule has 1 N–H and O–H groups in total. The zero-order chi connectivity index (χ0) is 17.7. The van der Waals surface area contributed by atoms with Gasteiger partial charge in [0, 0.05) is 10.9 Å². The second-order valence-corrected chi connectivity index (χ2v) is 7.88. The summed E-state index contributed by atoms with van der Waals surface area (Å²) >= 11 is 3.29. The van der Waals surface area contributed by atoms with Crippen molar-refractivity contribution in [2.45, 2.75) is 23.4 Å². The van der Waals surface area contributed by atoms with E-state index in [4.69, 9.17) is 0 Å². The third kappa shape index (κ3) is 4.72. The maximum Gasteiger partial charge on any atom is 0.354 e. The van der Waals surface area contributed by atoms with Crippen LogP contribution in [0.3, 0.4) is 0 Å². The Bertz CT molecular complexity index is 783. The van der Waals surface area contributed by atoms with Gasteiger partial charge in [-0.05, 0) is 18.2 Å². The minimum atomic E-state index is -0.652. The number of aromatic nitrogens is 1. The molecule has 1 aromatic carbocycles. The van der Waals surface area contributed by atoms with Crippen LogP contribution in [0.2, 0.25) is 0 Å². The summed E-state index contributed by atoms with van der Waals surface area (Å²) < 4.78 is 11.2. The number of esters is 2. The molecule has 6 nitrogen and oxygen atoms in total. The van der Waals surface area contributed by atoms with E-state index in [0.717, 1.165) is 20.6 Å². The van der Waals surface area contributed by atoms with Crippen molar-refractivity contribution in [1.29, 1.82) is 0 Å². The van der Waals surface area contributed by atoms with E-state index in [-0.39, 0.29) is 5.70 Å². The summed E-state index contributed by atoms with van der Waals surface area (Å²) in [4.78, 5) is 27.7. The number of methoxy groups -OCH3 is 2. The van der Waals surface area contributed by atoms with Crippen molar-refractivity contribution in [3.8, 4) is 0 Å². The van der Waals surface area contributed by atoms with Gasteiger partial charge >= 0.3 is 11.9 Å². The van der Waals surface area contributed by atoms with Gasteiger partial charge in [-0.2, -0.15) is 0 Å². The summed E-state index contributed by atoms with van der Waals surface area (Å²) in [5.74, 6) is -1.29. The molecule has 24 heavy (non-hydrogen) atoms. The fraction of sp³-hybridized carbons (Fsp3) is 0.312. The summed E-state index contributed by atoms with van der Waals surface area (Å²) in [5, 5.41) is 3.35. The Labute approximate surface area is 148 Å². The molecule has 0 radical (unpaired) electrons. The van der Waals surface area contributed by atoms with E-state index < -0.39 is 11.9 Å². The number of anilines is 1. The van der Waals surface area contributed by atoms with Crippen LogP contribution < -0.4 is 5.32 Å². The van der Waals surface area contributed by atoms with Crippen molar-refractivity contribution < 1.29 is 19.1 Å². The number of carbonyl (C=O) groups is 2. The number of thioether (sulfide) groups is 1. The number of nitrogens with one attached hydrogen (secondary N) is 1. The van der Waals surface area contributed by atoms with Gasteiger partial charge in [0.25, 0.3) is 0 Å². The molecule has 8 heteroatoms. The molecule has 2 rings (SSSR count). The average molecular weight is 366 g/mol. The minimum Gasteiger partial charge on any atom is -0.466 e. The van der Waals surface area contributed by atoms with Crippen LogP contribution in [-0.2, 0) is 19.1 Å². The molecule has 0 saturated carbocycles. The number of nitrogens with zero attached hydrogens (tertiary/aromatic N) is 1. The lowest BCUT2D eigenvalue weighted by molar-refractivity contribution is -0.138. The molecule has 0 saturated heterocycles. The molecule has 0 amide bonds. The van der Waals surface area contributed by atoms with Gasteiger partial charge in [0.15, 0.2) is 4.34 Å². The predicted molar refractivity (Wildman–Crippen MR) is 96.4 cm³/mol. The van der Waals surface area contributed by atoms with Crippen molar-refractivity contribution in [3.05, 3.63) is 30.0 Å². The monoisotopic (exact) mass is 366 g/mol. The third-order valence-corrected chi connectivity index (χ3v) is 4.97.